The average molecular weight is 280 g/mol. The highest BCUT2D eigenvalue weighted by atomic mass is 35.5. The molecule has 3 nitrogen and oxygen atoms in total. The second-order valence-electron chi connectivity index (χ2n) is 5.05. The Balaban J connectivity index is 2.12. The van der Waals surface area contributed by atoms with E-state index in [-0.39, 0.29) is 0 Å². The fourth-order valence-electron chi connectivity index (χ4n) is 2.28. The van der Waals surface area contributed by atoms with Crippen LogP contribution in [0.2, 0.25) is 5.02 Å². The third kappa shape index (κ3) is 3.74. The first-order valence-corrected chi connectivity index (χ1v) is 6.89. The topological polar surface area (TPSA) is 40.5 Å². The highest BCUT2D eigenvalue weighted by Crippen LogP contribution is 2.28. The largest absolute Gasteiger partial charge is 0.478 e. The first-order valence-electron chi connectivity index (χ1n) is 6.52. The van der Waals surface area contributed by atoms with Gasteiger partial charge in [-0.1, -0.05) is 24.6 Å². The molecule has 1 aromatic carbocycles. The molecule has 1 N–H and O–H groups in total. The molecule has 1 heterocycles. The Morgan fingerprint density at radius 3 is 2.68 bits per heavy atom. The zero-order chi connectivity index (χ0) is 13.8. The number of aliphatic carboxylic acids is 1. The van der Waals surface area contributed by atoms with Gasteiger partial charge in [-0.3, -0.25) is 0 Å². The summed E-state index contributed by atoms with van der Waals surface area (Å²) in [6.45, 7) is 4.40. The van der Waals surface area contributed by atoms with Crippen molar-refractivity contribution in [1.29, 1.82) is 0 Å². The molecule has 0 spiro atoms. The van der Waals surface area contributed by atoms with Gasteiger partial charge in [0.1, 0.15) is 0 Å². The van der Waals surface area contributed by atoms with E-state index in [1.165, 1.54) is 18.9 Å². The predicted octanol–water partition coefficient (Wildman–Crippen LogP) is 3.67. The smallest absolute Gasteiger partial charge is 0.328 e. The summed E-state index contributed by atoms with van der Waals surface area (Å²) in [5.41, 5.74) is 1.85. The molecule has 0 aliphatic carbocycles. The van der Waals surface area contributed by atoms with Crippen molar-refractivity contribution in [3.8, 4) is 0 Å². The number of hydrogen-bond acceptors (Lipinski definition) is 2. The molecule has 1 aliphatic rings. The monoisotopic (exact) mass is 279 g/mol. The zero-order valence-corrected chi connectivity index (χ0v) is 11.7. The van der Waals surface area contributed by atoms with E-state index < -0.39 is 5.97 Å². The molecule has 0 bridgehead atoms. The number of carboxylic acid groups (broad SMARTS) is 1. The molecule has 0 atom stereocenters. The number of halogens is 1. The molecule has 1 saturated heterocycles. The summed E-state index contributed by atoms with van der Waals surface area (Å²) < 4.78 is 0. The number of piperidine rings is 1. The molecule has 0 radical (unpaired) electrons. The molecule has 19 heavy (non-hydrogen) atoms. The van der Waals surface area contributed by atoms with Gasteiger partial charge in [0.2, 0.25) is 0 Å². The molecule has 1 aromatic rings. The third-order valence-corrected chi connectivity index (χ3v) is 3.87. The SMILES string of the molecule is CC1CCN(c2ccc(/C=C/C(=O)O)c(Cl)c2)CC1. The maximum absolute atomic E-state index is 10.5. The second-order valence-corrected chi connectivity index (χ2v) is 5.45. The first kappa shape index (κ1) is 13.9. The molecule has 0 saturated carbocycles. The minimum Gasteiger partial charge on any atom is -0.478 e. The highest BCUT2D eigenvalue weighted by Gasteiger charge is 2.16. The van der Waals surface area contributed by atoms with Gasteiger partial charge >= 0.3 is 5.97 Å². The second kappa shape index (κ2) is 6.11. The third-order valence-electron chi connectivity index (χ3n) is 3.54. The van der Waals surface area contributed by atoms with Gasteiger partial charge in [-0.15, -0.1) is 0 Å². The molecule has 0 amide bonds. The maximum Gasteiger partial charge on any atom is 0.328 e. The number of carboxylic acids is 1. The van der Waals surface area contributed by atoms with Gasteiger partial charge < -0.3 is 10.0 Å². The molecule has 0 unspecified atom stereocenters. The van der Waals surface area contributed by atoms with Crippen LogP contribution in [0, 0.1) is 5.92 Å². The standard InChI is InChI=1S/C15H18ClNO2/c1-11-6-8-17(9-7-11)13-4-2-12(14(16)10-13)3-5-15(18)19/h2-5,10-11H,6-9H2,1H3,(H,18,19)/b5-3+. The first-order chi connectivity index (χ1) is 9.06. The van der Waals surface area contributed by atoms with Crippen molar-refractivity contribution < 1.29 is 9.90 Å². The number of benzene rings is 1. The summed E-state index contributed by atoms with van der Waals surface area (Å²) in [6, 6.07) is 5.79. The molecule has 0 aromatic heterocycles. The van der Waals surface area contributed by atoms with E-state index in [0.29, 0.717) is 5.02 Å². The summed E-state index contributed by atoms with van der Waals surface area (Å²) in [5.74, 6) is -0.172. The van der Waals surface area contributed by atoms with Crippen LogP contribution in [0.5, 0.6) is 0 Å². The summed E-state index contributed by atoms with van der Waals surface area (Å²) in [4.78, 5) is 12.8. The van der Waals surface area contributed by atoms with Crippen LogP contribution in [0.1, 0.15) is 25.3 Å². The van der Waals surface area contributed by atoms with Crippen LogP contribution in [-0.4, -0.2) is 24.2 Å². The summed E-state index contributed by atoms with van der Waals surface area (Å²) in [6.07, 6.45) is 5.03. The summed E-state index contributed by atoms with van der Waals surface area (Å²) in [5, 5.41) is 9.20. The number of carbonyl (C=O) groups is 1. The van der Waals surface area contributed by atoms with Crippen LogP contribution < -0.4 is 4.90 Å². The Hall–Kier alpha value is -1.48. The Bertz CT molecular complexity index is 491. The lowest BCUT2D eigenvalue weighted by Crippen LogP contribution is -2.32. The Kier molecular flexibility index (Phi) is 4.48. The molecule has 4 heteroatoms. The van der Waals surface area contributed by atoms with Gasteiger partial charge in [-0.25, -0.2) is 4.79 Å². The Labute approximate surface area is 118 Å². The van der Waals surface area contributed by atoms with Crippen molar-refractivity contribution in [2.24, 2.45) is 5.92 Å². The van der Waals surface area contributed by atoms with Crippen LogP contribution in [-0.2, 0) is 4.79 Å². The summed E-state index contributed by atoms with van der Waals surface area (Å²) >= 11 is 6.19. The molecule has 2 rings (SSSR count). The number of rotatable bonds is 3. The van der Waals surface area contributed by atoms with E-state index >= 15 is 0 Å². The van der Waals surface area contributed by atoms with E-state index in [1.807, 2.05) is 18.2 Å². The fraction of sp³-hybridized carbons (Fsp3) is 0.400. The molecule has 102 valence electrons. The lowest BCUT2D eigenvalue weighted by Gasteiger charge is -2.32. The van der Waals surface area contributed by atoms with Crippen LogP contribution in [0.15, 0.2) is 24.3 Å². The molecular formula is C15H18ClNO2. The normalized spacial score (nSPS) is 17.1. The van der Waals surface area contributed by atoms with Crippen molar-refractivity contribution in [2.45, 2.75) is 19.8 Å². The summed E-state index contributed by atoms with van der Waals surface area (Å²) in [7, 11) is 0. The predicted molar refractivity (Wildman–Crippen MR) is 78.7 cm³/mol. The molecule has 1 fully saturated rings. The number of hydrogen-bond donors (Lipinski definition) is 1. The Morgan fingerprint density at radius 1 is 1.42 bits per heavy atom. The fourth-order valence-corrected chi connectivity index (χ4v) is 2.51. The van der Waals surface area contributed by atoms with Gasteiger partial charge in [-0.2, -0.15) is 0 Å². The van der Waals surface area contributed by atoms with E-state index in [4.69, 9.17) is 16.7 Å². The van der Waals surface area contributed by atoms with Crippen LogP contribution in [0.25, 0.3) is 6.08 Å². The van der Waals surface area contributed by atoms with E-state index in [1.54, 1.807) is 0 Å². The zero-order valence-electron chi connectivity index (χ0n) is 11.0. The van der Waals surface area contributed by atoms with Crippen LogP contribution in [0.3, 0.4) is 0 Å². The van der Waals surface area contributed by atoms with Crippen molar-refractivity contribution >= 4 is 29.3 Å². The maximum atomic E-state index is 10.5. The Morgan fingerprint density at radius 2 is 2.11 bits per heavy atom. The van der Waals surface area contributed by atoms with Gasteiger partial charge in [0.15, 0.2) is 0 Å². The van der Waals surface area contributed by atoms with Crippen molar-refractivity contribution in [2.75, 3.05) is 18.0 Å². The van der Waals surface area contributed by atoms with Gasteiger partial charge in [-0.05, 0) is 42.5 Å². The molecular weight excluding hydrogens is 262 g/mol. The van der Waals surface area contributed by atoms with Crippen molar-refractivity contribution in [3.63, 3.8) is 0 Å². The van der Waals surface area contributed by atoms with Gasteiger partial charge in [0, 0.05) is 29.9 Å². The van der Waals surface area contributed by atoms with Crippen LogP contribution >= 0.6 is 11.6 Å². The van der Waals surface area contributed by atoms with E-state index in [9.17, 15) is 4.79 Å². The van der Waals surface area contributed by atoms with Crippen molar-refractivity contribution in [1.82, 2.24) is 0 Å². The average Bonchev–Trinajstić information content (AvgIpc) is 2.38. The van der Waals surface area contributed by atoms with Gasteiger partial charge in [0.25, 0.3) is 0 Å². The van der Waals surface area contributed by atoms with Crippen LogP contribution in [0.4, 0.5) is 5.69 Å². The van der Waals surface area contributed by atoms with E-state index in [2.05, 4.69) is 11.8 Å². The number of nitrogens with zero attached hydrogens (tertiary/aromatic N) is 1. The number of anilines is 1. The quantitative estimate of drug-likeness (QED) is 0.858. The van der Waals surface area contributed by atoms with Gasteiger partial charge in [0.05, 0.1) is 0 Å². The minimum atomic E-state index is -0.967. The van der Waals surface area contributed by atoms with Crippen molar-refractivity contribution in [3.05, 3.63) is 34.9 Å². The minimum absolute atomic E-state index is 0.591. The van der Waals surface area contributed by atoms with E-state index in [0.717, 1.165) is 36.3 Å². The molecule has 1 aliphatic heterocycles. The lowest BCUT2D eigenvalue weighted by molar-refractivity contribution is -0.131. The lowest BCUT2D eigenvalue weighted by atomic mass is 9.98. The highest BCUT2D eigenvalue weighted by molar-refractivity contribution is 6.32.